The lowest BCUT2D eigenvalue weighted by Gasteiger charge is -2.20. The standard InChI is InChI=1S/C15H21NO6/c1-15(2,3)22-14(20)16-10-6-5-9(7-11(10)17)8-12(21-4)13(18)19/h5-7,12,17H,8H2,1-4H3,(H,16,20)(H,18,19). The number of hydrogen-bond acceptors (Lipinski definition) is 5. The number of carbonyl (C=O) groups is 2. The molecule has 3 N–H and O–H groups in total. The number of nitrogens with one attached hydrogen (secondary N) is 1. The molecule has 22 heavy (non-hydrogen) atoms. The van der Waals surface area contributed by atoms with Crippen LogP contribution in [0.2, 0.25) is 0 Å². The summed E-state index contributed by atoms with van der Waals surface area (Å²) in [6.45, 7) is 5.19. The maximum atomic E-state index is 11.6. The number of benzene rings is 1. The molecule has 1 amide bonds. The molecule has 0 saturated heterocycles. The van der Waals surface area contributed by atoms with Crippen LogP contribution in [0.1, 0.15) is 26.3 Å². The van der Waals surface area contributed by atoms with E-state index in [9.17, 15) is 14.7 Å². The summed E-state index contributed by atoms with van der Waals surface area (Å²) < 4.78 is 9.92. The van der Waals surface area contributed by atoms with E-state index >= 15 is 0 Å². The molecule has 0 fully saturated rings. The second kappa shape index (κ2) is 7.13. The van der Waals surface area contributed by atoms with E-state index in [-0.39, 0.29) is 17.9 Å². The van der Waals surface area contributed by atoms with E-state index in [0.29, 0.717) is 5.56 Å². The molecule has 1 aromatic rings. The highest BCUT2D eigenvalue weighted by Gasteiger charge is 2.19. The number of carboxylic acid groups (broad SMARTS) is 1. The van der Waals surface area contributed by atoms with Gasteiger partial charge >= 0.3 is 12.1 Å². The van der Waals surface area contributed by atoms with Gasteiger partial charge in [0.25, 0.3) is 0 Å². The van der Waals surface area contributed by atoms with E-state index in [2.05, 4.69) is 5.32 Å². The van der Waals surface area contributed by atoms with Gasteiger partial charge in [-0.25, -0.2) is 9.59 Å². The Kier molecular flexibility index (Phi) is 5.76. The summed E-state index contributed by atoms with van der Waals surface area (Å²) in [5.41, 5.74) is 0.107. The summed E-state index contributed by atoms with van der Waals surface area (Å²) in [5.74, 6) is -1.26. The number of aliphatic carboxylic acids is 1. The Balaban J connectivity index is 2.77. The third-order valence-corrected chi connectivity index (χ3v) is 2.68. The third-order valence-electron chi connectivity index (χ3n) is 2.68. The van der Waals surface area contributed by atoms with Crippen molar-refractivity contribution in [3.63, 3.8) is 0 Å². The SMILES string of the molecule is COC(Cc1ccc(NC(=O)OC(C)(C)C)c(O)c1)C(=O)O. The summed E-state index contributed by atoms with van der Waals surface area (Å²) in [6.07, 6.45) is -1.58. The van der Waals surface area contributed by atoms with Crippen molar-refractivity contribution in [2.24, 2.45) is 0 Å². The van der Waals surface area contributed by atoms with E-state index in [1.807, 2.05) is 0 Å². The lowest BCUT2D eigenvalue weighted by atomic mass is 10.1. The minimum atomic E-state index is -1.09. The second-order valence-corrected chi connectivity index (χ2v) is 5.75. The highest BCUT2D eigenvalue weighted by Crippen LogP contribution is 2.25. The molecule has 1 aromatic carbocycles. The fourth-order valence-corrected chi connectivity index (χ4v) is 1.71. The second-order valence-electron chi connectivity index (χ2n) is 5.75. The van der Waals surface area contributed by atoms with Crippen molar-refractivity contribution >= 4 is 17.7 Å². The normalized spacial score (nSPS) is 12.5. The highest BCUT2D eigenvalue weighted by atomic mass is 16.6. The smallest absolute Gasteiger partial charge is 0.412 e. The average molecular weight is 311 g/mol. The Labute approximate surface area is 128 Å². The molecular formula is C15H21NO6. The van der Waals surface area contributed by atoms with Gasteiger partial charge in [0.15, 0.2) is 6.10 Å². The Morgan fingerprint density at radius 3 is 2.41 bits per heavy atom. The molecule has 1 unspecified atom stereocenters. The van der Waals surface area contributed by atoms with Crippen LogP contribution in [0.25, 0.3) is 0 Å². The molecule has 0 saturated carbocycles. The van der Waals surface area contributed by atoms with Crippen LogP contribution >= 0.6 is 0 Å². The molecule has 0 spiro atoms. The topological polar surface area (TPSA) is 105 Å². The van der Waals surface area contributed by atoms with Crippen molar-refractivity contribution in [1.82, 2.24) is 0 Å². The molecule has 0 aliphatic heterocycles. The summed E-state index contributed by atoms with van der Waals surface area (Å²) in [6, 6.07) is 4.45. The molecule has 0 bridgehead atoms. The first-order valence-corrected chi connectivity index (χ1v) is 6.70. The summed E-state index contributed by atoms with van der Waals surface area (Å²) in [4.78, 5) is 22.5. The average Bonchev–Trinajstić information content (AvgIpc) is 2.36. The number of aromatic hydroxyl groups is 1. The molecule has 7 heteroatoms. The van der Waals surface area contributed by atoms with Crippen molar-refractivity contribution in [3.05, 3.63) is 23.8 Å². The van der Waals surface area contributed by atoms with Gasteiger partial charge in [0, 0.05) is 13.5 Å². The van der Waals surface area contributed by atoms with Crippen LogP contribution in [0.3, 0.4) is 0 Å². The highest BCUT2D eigenvalue weighted by molar-refractivity contribution is 5.87. The van der Waals surface area contributed by atoms with Gasteiger partial charge in [0.05, 0.1) is 5.69 Å². The van der Waals surface area contributed by atoms with Gasteiger partial charge in [-0.05, 0) is 38.5 Å². The van der Waals surface area contributed by atoms with E-state index in [4.69, 9.17) is 14.6 Å². The molecule has 122 valence electrons. The Hall–Kier alpha value is -2.28. The quantitative estimate of drug-likeness (QED) is 0.721. The van der Waals surface area contributed by atoms with Crippen molar-refractivity contribution in [2.75, 3.05) is 12.4 Å². The van der Waals surface area contributed by atoms with Crippen LogP contribution in [-0.2, 0) is 20.7 Å². The molecule has 0 heterocycles. The summed E-state index contributed by atoms with van der Waals surface area (Å²) in [7, 11) is 1.30. The fraction of sp³-hybridized carbons (Fsp3) is 0.467. The minimum absolute atomic E-state index is 0.103. The minimum Gasteiger partial charge on any atom is -0.506 e. The number of phenols is 1. The molecule has 7 nitrogen and oxygen atoms in total. The number of amides is 1. The van der Waals surface area contributed by atoms with Gasteiger partial charge in [-0.2, -0.15) is 0 Å². The van der Waals surface area contributed by atoms with Gasteiger partial charge in [0.2, 0.25) is 0 Å². The Bertz CT molecular complexity index is 549. The van der Waals surface area contributed by atoms with Gasteiger partial charge in [-0.3, -0.25) is 5.32 Å². The molecule has 0 radical (unpaired) electrons. The number of anilines is 1. The zero-order chi connectivity index (χ0) is 16.9. The van der Waals surface area contributed by atoms with E-state index < -0.39 is 23.8 Å². The zero-order valence-electron chi connectivity index (χ0n) is 13.0. The van der Waals surface area contributed by atoms with Crippen molar-refractivity contribution < 1.29 is 29.3 Å². The first-order valence-electron chi connectivity index (χ1n) is 6.70. The Morgan fingerprint density at radius 1 is 1.32 bits per heavy atom. The number of rotatable bonds is 5. The number of carbonyl (C=O) groups excluding carboxylic acids is 1. The fourth-order valence-electron chi connectivity index (χ4n) is 1.71. The third kappa shape index (κ3) is 5.61. The molecule has 0 aliphatic rings. The van der Waals surface area contributed by atoms with Gasteiger partial charge in [-0.1, -0.05) is 6.07 Å². The zero-order valence-corrected chi connectivity index (χ0v) is 13.0. The van der Waals surface area contributed by atoms with Crippen LogP contribution in [-0.4, -0.2) is 41.1 Å². The first-order chi connectivity index (χ1) is 10.1. The van der Waals surface area contributed by atoms with Crippen molar-refractivity contribution in [1.29, 1.82) is 0 Å². The maximum Gasteiger partial charge on any atom is 0.412 e. The first kappa shape index (κ1) is 17.8. The van der Waals surface area contributed by atoms with Gasteiger partial charge < -0.3 is 19.7 Å². The van der Waals surface area contributed by atoms with Crippen LogP contribution in [0, 0.1) is 0 Å². The number of phenolic OH excluding ortho intramolecular Hbond substituents is 1. The lowest BCUT2D eigenvalue weighted by Crippen LogP contribution is -2.27. The number of methoxy groups -OCH3 is 1. The number of ether oxygens (including phenoxy) is 2. The molecule has 0 aromatic heterocycles. The van der Waals surface area contributed by atoms with E-state index in [1.165, 1.54) is 19.2 Å². The summed E-state index contributed by atoms with van der Waals surface area (Å²) >= 11 is 0. The van der Waals surface area contributed by atoms with E-state index in [1.54, 1.807) is 26.8 Å². The molecular weight excluding hydrogens is 290 g/mol. The lowest BCUT2D eigenvalue weighted by molar-refractivity contribution is -0.148. The van der Waals surface area contributed by atoms with Crippen molar-refractivity contribution in [3.8, 4) is 5.75 Å². The Morgan fingerprint density at radius 2 is 1.95 bits per heavy atom. The van der Waals surface area contributed by atoms with Crippen LogP contribution < -0.4 is 5.32 Å². The van der Waals surface area contributed by atoms with E-state index in [0.717, 1.165) is 0 Å². The van der Waals surface area contributed by atoms with Gasteiger partial charge in [-0.15, -0.1) is 0 Å². The molecule has 1 rings (SSSR count). The predicted octanol–water partition coefficient (Wildman–Crippen LogP) is 2.38. The number of carboxylic acids is 1. The maximum absolute atomic E-state index is 11.6. The van der Waals surface area contributed by atoms with Crippen LogP contribution in [0.4, 0.5) is 10.5 Å². The van der Waals surface area contributed by atoms with Gasteiger partial charge in [0.1, 0.15) is 11.4 Å². The summed E-state index contributed by atoms with van der Waals surface area (Å²) in [5, 5.41) is 21.3. The molecule has 0 aliphatic carbocycles. The molecule has 1 atom stereocenters. The number of hydrogen-bond donors (Lipinski definition) is 3. The largest absolute Gasteiger partial charge is 0.506 e. The van der Waals surface area contributed by atoms with Crippen molar-refractivity contribution in [2.45, 2.75) is 38.9 Å². The van der Waals surface area contributed by atoms with Crippen LogP contribution in [0.15, 0.2) is 18.2 Å². The predicted molar refractivity (Wildman–Crippen MR) is 80.1 cm³/mol. The monoisotopic (exact) mass is 311 g/mol. The van der Waals surface area contributed by atoms with Crippen LogP contribution in [0.5, 0.6) is 5.75 Å².